The van der Waals surface area contributed by atoms with Gasteiger partial charge >= 0.3 is 0 Å². The molecule has 1 N–H and O–H groups in total. The minimum atomic E-state index is 0.901. The van der Waals surface area contributed by atoms with Crippen LogP contribution in [0.4, 0.5) is 0 Å². The van der Waals surface area contributed by atoms with Crippen molar-refractivity contribution in [2.24, 2.45) is 17.8 Å². The third-order valence-electron chi connectivity index (χ3n) is 4.67. The monoisotopic (exact) mass is 224 g/mol. The topological polar surface area (TPSA) is 15.3 Å². The Morgan fingerprint density at radius 3 is 2.75 bits per heavy atom. The van der Waals surface area contributed by atoms with Crippen molar-refractivity contribution in [2.45, 2.75) is 39.5 Å². The Bertz CT molecular complexity index is 199. The molecule has 0 aromatic rings. The summed E-state index contributed by atoms with van der Waals surface area (Å²) >= 11 is 0. The summed E-state index contributed by atoms with van der Waals surface area (Å²) in [5.41, 5.74) is 0. The van der Waals surface area contributed by atoms with Crippen LogP contribution in [0.3, 0.4) is 0 Å². The largest absolute Gasteiger partial charge is 0.316 e. The minimum Gasteiger partial charge on any atom is -0.316 e. The van der Waals surface area contributed by atoms with Crippen molar-refractivity contribution < 1.29 is 0 Å². The van der Waals surface area contributed by atoms with E-state index in [1.807, 2.05) is 0 Å². The maximum atomic E-state index is 3.52. The first-order valence-corrected chi connectivity index (χ1v) is 7.19. The minimum absolute atomic E-state index is 0.901. The smallest absolute Gasteiger partial charge is 0.000957 e. The van der Waals surface area contributed by atoms with Crippen LogP contribution in [-0.4, -0.2) is 37.6 Å². The van der Waals surface area contributed by atoms with Gasteiger partial charge in [0.05, 0.1) is 0 Å². The quantitative estimate of drug-likeness (QED) is 0.791. The molecule has 2 aliphatic rings. The Morgan fingerprint density at radius 1 is 1.19 bits per heavy atom. The number of nitrogens with zero attached hydrogens (tertiary/aromatic N) is 1. The van der Waals surface area contributed by atoms with Gasteiger partial charge in [-0.1, -0.05) is 13.8 Å². The number of rotatable bonds is 3. The first kappa shape index (κ1) is 12.4. The van der Waals surface area contributed by atoms with E-state index in [9.17, 15) is 0 Å². The molecule has 2 saturated heterocycles. The van der Waals surface area contributed by atoms with E-state index in [1.54, 1.807) is 0 Å². The highest BCUT2D eigenvalue weighted by Gasteiger charge is 2.23. The van der Waals surface area contributed by atoms with Crippen molar-refractivity contribution in [3.05, 3.63) is 0 Å². The standard InChI is InChI=1S/C14H28N2/c1-12-5-8-16(11-13(12)2)9-6-14-4-3-7-15-10-14/h12-15H,3-11H2,1-2H3. The van der Waals surface area contributed by atoms with Gasteiger partial charge in [-0.3, -0.25) is 0 Å². The predicted octanol–water partition coefficient (Wildman–Crippen LogP) is 2.35. The number of hydrogen-bond donors (Lipinski definition) is 1. The van der Waals surface area contributed by atoms with Gasteiger partial charge in [0.15, 0.2) is 0 Å². The number of piperidine rings is 2. The molecule has 0 aromatic carbocycles. The summed E-state index contributed by atoms with van der Waals surface area (Å²) in [6, 6.07) is 0. The lowest BCUT2D eigenvalue weighted by atomic mass is 9.88. The zero-order valence-electron chi connectivity index (χ0n) is 11.0. The van der Waals surface area contributed by atoms with Gasteiger partial charge < -0.3 is 10.2 Å². The zero-order valence-corrected chi connectivity index (χ0v) is 11.0. The summed E-state index contributed by atoms with van der Waals surface area (Å²) in [5, 5.41) is 3.52. The molecule has 3 atom stereocenters. The molecule has 0 saturated carbocycles. The van der Waals surface area contributed by atoms with E-state index in [-0.39, 0.29) is 0 Å². The van der Waals surface area contributed by atoms with Crippen molar-refractivity contribution in [1.82, 2.24) is 10.2 Å². The Balaban J connectivity index is 1.65. The van der Waals surface area contributed by atoms with Crippen LogP contribution in [0.25, 0.3) is 0 Å². The SMILES string of the molecule is CC1CCN(CCC2CCCNC2)CC1C. The normalized spacial score (nSPS) is 37.5. The van der Waals surface area contributed by atoms with Crippen LogP contribution in [0.1, 0.15) is 39.5 Å². The molecule has 0 bridgehead atoms. The molecule has 2 nitrogen and oxygen atoms in total. The second-order valence-corrected chi connectivity index (χ2v) is 6.04. The van der Waals surface area contributed by atoms with Crippen molar-refractivity contribution in [3.8, 4) is 0 Å². The lowest BCUT2D eigenvalue weighted by Crippen LogP contribution is -2.40. The molecule has 0 spiro atoms. The van der Waals surface area contributed by atoms with Gasteiger partial charge in [0.1, 0.15) is 0 Å². The maximum absolute atomic E-state index is 3.52. The summed E-state index contributed by atoms with van der Waals surface area (Å²) in [6.45, 7) is 11.3. The zero-order chi connectivity index (χ0) is 11.4. The van der Waals surface area contributed by atoms with Crippen molar-refractivity contribution in [1.29, 1.82) is 0 Å². The highest BCUT2D eigenvalue weighted by Crippen LogP contribution is 2.23. The van der Waals surface area contributed by atoms with Crippen LogP contribution >= 0.6 is 0 Å². The van der Waals surface area contributed by atoms with Gasteiger partial charge in [-0.25, -0.2) is 0 Å². The second-order valence-electron chi connectivity index (χ2n) is 6.04. The fourth-order valence-electron chi connectivity index (χ4n) is 3.09. The number of hydrogen-bond acceptors (Lipinski definition) is 2. The fourth-order valence-corrected chi connectivity index (χ4v) is 3.09. The van der Waals surface area contributed by atoms with Gasteiger partial charge in [0.25, 0.3) is 0 Å². The summed E-state index contributed by atoms with van der Waals surface area (Å²) in [7, 11) is 0. The molecule has 0 amide bonds. The maximum Gasteiger partial charge on any atom is 0.000957 e. The lowest BCUT2D eigenvalue weighted by Gasteiger charge is -2.36. The molecule has 0 aliphatic carbocycles. The molecule has 2 fully saturated rings. The molecule has 94 valence electrons. The predicted molar refractivity (Wildman–Crippen MR) is 69.6 cm³/mol. The van der Waals surface area contributed by atoms with E-state index < -0.39 is 0 Å². The average Bonchev–Trinajstić information content (AvgIpc) is 2.32. The van der Waals surface area contributed by atoms with E-state index >= 15 is 0 Å². The highest BCUT2D eigenvalue weighted by molar-refractivity contribution is 4.77. The summed E-state index contributed by atoms with van der Waals surface area (Å²) in [5.74, 6) is 2.79. The van der Waals surface area contributed by atoms with E-state index in [0.29, 0.717) is 0 Å². The second kappa shape index (κ2) is 6.02. The van der Waals surface area contributed by atoms with Crippen LogP contribution in [-0.2, 0) is 0 Å². The summed E-state index contributed by atoms with van der Waals surface area (Å²) in [4.78, 5) is 2.69. The van der Waals surface area contributed by atoms with Crippen LogP contribution < -0.4 is 5.32 Å². The molecule has 3 unspecified atom stereocenters. The summed E-state index contributed by atoms with van der Waals surface area (Å²) in [6.07, 6.45) is 5.66. The van der Waals surface area contributed by atoms with Gasteiger partial charge in [0, 0.05) is 6.54 Å². The molecule has 0 aromatic heterocycles. The number of likely N-dealkylation sites (tertiary alicyclic amines) is 1. The van der Waals surface area contributed by atoms with E-state index in [0.717, 1.165) is 17.8 Å². The molecular formula is C14H28N2. The van der Waals surface area contributed by atoms with E-state index in [1.165, 1.54) is 58.4 Å². The lowest BCUT2D eigenvalue weighted by molar-refractivity contribution is 0.129. The van der Waals surface area contributed by atoms with Crippen molar-refractivity contribution >= 4 is 0 Å². The summed E-state index contributed by atoms with van der Waals surface area (Å²) < 4.78 is 0. The van der Waals surface area contributed by atoms with Crippen molar-refractivity contribution in [2.75, 3.05) is 32.7 Å². The first-order chi connectivity index (χ1) is 7.75. The molecule has 2 rings (SSSR count). The molecule has 2 heterocycles. The van der Waals surface area contributed by atoms with Crippen LogP contribution in [0.5, 0.6) is 0 Å². The molecule has 16 heavy (non-hydrogen) atoms. The Kier molecular flexibility index (Phi) is 4.66. The van der Waals surface area contributed by atoms with Crippen molar-refractivity contribution in [3.63, 3.8) is 0 Å². The Hall–Kier alpha value is -0.0800. The molecular weight excluding hydrogens is 196 g/mol. The first-order valence-electron chi connectivity index (χ1n) is 7.19. The van der Waals surface area contributed by atoms with Gasteiger partial charge in [-0.05, 0) is 69.6 Å². The van der Waals surface area contributed by atoms with Crippen LogP contribution in [0.15, 0.2) is 0 Å². The van der Waals surface area contributed by atoms with Gasteiger partial charge in [0.2, 0.25) is 0 Å². The van der Waals surface area contributed by atoms with Gasteiger partial charge in [-0.2, -0.15) is 0 Å². The highest BCUT2D eigenvalue weighted by atomic mass is 15.1. The van der Waals surface area contributed by atoms with Crippen LogP contribution in [0.2, 0.25) is 0 Å². The van der Waals surface area contributed by atoms with Gasteiger partial charge in [-0.15, -0.1) is 0 Å². The third kappa shape index (κ3) is 3.46. The number of nitrogens with one attached hydrogen (secondary N) is 1. The van der Waals surface area contributed by atoms with E-state index in [4.69, 9.17) is 0 Å². The third-order valence-corrected chi connectivity index (χ3v) is 4.67. The molecule has 0 radical (unpaired) electrons. The van der Waals surface area contributed by atoms with Crippen LogP contribution in [0, 0.1) is 17.8 Å². The molecule has 2 aliphatic heterocycles. The Labute approximate surface area is 101 Å². The average molecular weight is 224 g/mol. The molecule has 2 heteroatoms. The fraction of sp³-hybridized carbons (Fsp3) is 1.00. The van der Waals surface area contributed by atoms with E-state index in [2.05, 4.69) is 24.1 Å². The Morgan fingerprint density at radius 2 is 2.06 bits per heavy atom.